The van der Waals surface area contributed by atoms with Crippen LogP contribution in [0, 0.1) is 0 Å². The summed E-state index contributed by atoms with van der Waals surface area (Å²) in [4.78, 5) is 0. The van der Waals surface area contributed by atoms with E-state index in [0.29, 0.717) is 17.0 Å². The number of nitrogens with one attached hydrogen (secondary N) is 1. The molecule has 0 saturated heterocycles. The number of benzene rings is 1. The zero-order valence-electron chi connectivity index (χ0n) is 11.3. The van der Waals surface area contributed by atoms with Crippen LogP contribution in [-0.2, 0) is 17.1 Å². The fourth-order valence-corrected chi connectivity index (χ4v) is 3.46. The summed E-state index contributed by atoms with van der Waals surface area (Å²) in [6, 6.07) is 6.40. The van der Waals surface area contributed by atoms with E-state index in [0.717, 1.165) is 0 Å². The average molecular weight is 329 g/mol. The Balaban J connectivity index is 2.30. The minimum atomic E-state index is -3.83. The molecular weight excluding hydrogens is 316 g/mol. The van der Waals surface area contributed by atoms with Gasteiger partial charge in [0.2, 0.25) is 0 Å². The highest BCUT2D eigenvalue weighted by molar-refractivity contribution is 7.92. The molecule has 112 valence electrons. The summed E-state index contributed by atoms with van der Waals surface area (Å²) in [5.41, 5.74) is 1.47. The second kappa shape index (κ2) is 5.74. The lowest BCUT2D eigenvalue weighted by Gasteiger charge is -2.09. The van der Waals surface area contributed by atoms with Crippen LogP contribution in [0.15, 0.2) is 40.6 Å². The number of halogens is 1. The SMILES string of the molecule is C/C(=N/O)c1ccc(NS(=O)(=O)c2c(Cl)cnn2C)cc1. The van der Waals surface area contributed by atoms with Crippen LogP contribution in [0.25, 0.3) is 0 Å². The monoisotopic (exact) mass is 328 g/mol. The van der Waals surface area contributed by atoms with Crippen LogP contribution >= 0.6 is 11.6 Å². The molecule has 0 fully saturated rings. The largest absolute Gasteiger partial charge is 0.411 e. The van der Waals surface area contributed by atoms with Crippen molar-refractivity contribution in [3.63, 3.8) is 0 Å². The molecule has 9 heteroatoms. The fraction of sp³-hybridized carbons (Fsp3) is 0.167. The minimum Gasteiger partial charge on any atom is -0.411 e. The first kappa shape index (κ1) is 15.3. The lowest BCUT2D eigenvalue weighted by Crippen LogP contribution is -2.17. The van der Waals surface area contributed by atoms with Crippen molar-refractivity contribution in [3.8, 4) is 0 Å². The summed E-state index contributed by atoms with van der Waals surface area (Å²) in [5.74, 6) is 0. The molecule has 0 aliphatic heterocycles. The third-order valence-electron chi connectivity index (χ3n) is 2.80. The van der Waals surface area contributed by atoms with Crippen molar-refractivity contribution < 1.29 is 13.6 Å². The van der Waals surface area contributed by atoms with Gasteiger partial charge in [0.25, 0.3) is 10.0 Å². The van der Waals surface area contributed by atoms with E-state index in [4.69, 9.17) is 16.8 Å². The van der Waals surface area contributed by atoms with E-state index in [-0.39, 0.29) is 10.0 Å². The van der Waals surface area contributed by atoms with Crippen molar-refractivity contribution in [1.29, 1.82) is 0 Å². The first-order valence-electron chi connectivity index (χ1n) is 5.84. The molecule has 0 atom stereocenters. The normalized spacial score (nSPS) is 12.4. The summed E-state index contributed by atoms with van der Waals surface area (Å²) < 4.78 is 28.1. The van der Waals surface area contributed by atoms with Gasteiger partial charge in [-0.05, 0) is 24.6 Å². The number of oxime groups is 1. The average Bonchev–Trinajstić information content (AvgIpc) is 2.78. The molecule has 0 saturated carbocycles. The van der Waals surface area contributed by atoms with Crippen molar-refractivity contribution in [2.45, 2.75) is 11.9 Å². The Hall–Kier alpha value is -2.06. The topological polar surface area (TPSA) is 96.6 Å². The second-order valence-corrected chi connectivity index (χ2v) is 6.29. The molecule has 0 bridgehead atoms. The zero-order chi connectivity index (χ0) is 15.6. The molecule has 7 nitrogen and oxygen atoms in total. The van der Waals surface area contributed by atoms with E-state index >= 15 is 0 Å². The van der Waals surface area contributed by atoms with E-state index < -0.39 is 10.0 Å². The Labute approximate surface area is 126 Å². The molecule has 1 aromatic carbocycles. The van der Waals surface area contributed by atoms with Gasteiger partial charge in [-0.25, -0.2) is 0 Å². The molecule has 21 heavy (non-hydrogen) atoms. The van der Waals surface area contributed by atoms with Gasteiger partial charge in [-0.3, -0.25) is 9.40 Å². The van der Waals surface area contributed by atoms with Gasteiger partial charge in [-0.15, -0.1) is 0 Å². The Kier molecular flexibility index (Phi) is 4.19. The highest BCUT2D eigenvalue weighted by Crippen LogP contribution is 2.23. The van der Waals surface area contributed by atoms with E-state index in [1.165, 1.54) is 17.9 Å². The summed E-state index contributed by atoms with van der Waals surface area (Å²) >= 11 is 5.84. The van der Waals surface area contributed by atoms with Gasteiger partial charge in [0.1, 0.15) is 0 Å². The molecule has 2 N–H and O–H groups in total. The zero-order valence-corrected chi connectivity index (χ0v) is 12.9. The summed E-state index contributed by atoms with van der Waals surface area (Å²) in [6.45, 7) is 1.63. The van der Waals surface area contributed by atoms with Crippen LogP contribution in [0.4, 0.5) is 5.69 Å². The first-order chi connectivity index (χ1) is 9.85. The van der Waals surface area contributed by atoms with Crippen molar-refractivity contribution in [1.82, 2.24) is 9.78 Å². The van der Waals surface area contributed by atoms with E-state index in [1.807, 2.05) is 0 Å². The Morgan fingerprint density at radius 3 is 2.48 bits per heavy atom. The lowest BCUT2D eigenvalue weighted by atomic mass is 10.1. The number of hydrogen-bond donors (Lipinski definition) is 2. The maximum atomic E-state index is 12.3. The Morgan fingerprint density at radius 1 is 1.38 bits per heavy atom. The summed E-state index contributed by atoms with van der Waals surface area (Å²) in [7, 11) is -2.34. The van der Waals surface area contributed by atoms with Gasteiger partial charge >= 0.3 is 0 Å². The predicted octanol–water partition coefficient (Wildman–Crippen LogP) is 2.07. The molecule has 2 rings (SSSR count). The van der Waals surface area contributed by atoms with Crippen molar-refractivity contribution in [2.75, 3.05) is 4.72 Å². The second-order valence-electron chi connectivity index (χ2n) is 4.29. The van der Waals surface area contributed by atoms with Crippen LogP contribution in [-0.4, -0.2) is 29.1 Å². The molecule has 0 radical (unpaired) electrons. The van der Waals surface area contributed by atoms with E-state index in [9.17, 15) is 8.42 Å². The molecule has 0 aliphatic carbocycles. The standard InChI is InChI=1S/C12H13ClN4O3S/c1-8(15-18)9-3-5-10(6-4-9)16-21(19,20)12-11(13)7-14-17(12)2/h3-7,16,18H,1-2H3/b15-8-. The molecule has 0 unspecified atom stereocenters. The van der Waals surface area contributed by atoms with Crippen LogP contribution < -0.4 is 4.72 Å². The molecule has 1 heterocycles. The van der Waals surface area contributed by atoms with Crippen LogP contribution in [0.5, 0.6) is 0 Å². The maximum Gasteiger partial charge on any atom is 0.280 e. The van der Waals surface area contributed by atoms with Crippen LogP contribution in [0.3, 0.4) is 0 Å². The molecule has 0 amide bonds. The van der Waals surface area contributed by atoms with Crippen LogP contribution in [0.1, 0.15) is 12.5 Å². The third kappa shape index (κ3) is 3.17. The van der Waals surface area contributed by atoms with E-state index in [1.54, 1.807) is 31.2 Å². The van der Waals surface area contributed by atoms with Gasteiger partial charge in [-0.1, -0.05) is 28.9 Å². The molecule has 0 aliphatic rings. The number of hydrogen-bond acceptors (Lipinski definition) is 5. The van der Waals surface area contributed by atoms with Gasteiger partial charge < -0.3 is 5.21 Å². The van der Waals surface area contributed by atoms with Crippen molar-refractivity contribution in [2.24, 2.45) is 12.2 Å². The van der Waals surface area contributed by atoms with Gasteiger partial charge in [0.15, 0.2) is 5.03 Å². The molecule has 1 aromatic heterocycles. The predicted molar refractivity (Wildman–Crippen MR) is 79.5 cm³/mol. The van der Waals surface area contributed by atoms with Crippen LogP contribution in [0.2, 0.25) is 5.02 Å². The number of aromatic nitrogens is 2. The quantitative estimate of drug-likeness (QED) is 0.510. The lowest BCUT2D eigenvalue weighted by molar-refractivity contribution is 0.319. The Bertz CT molecular complexity index is 762. The first-order valence-corrected chi connectivity index (χ1v) is 7.70. The van der Waals surface area contributed by atoms with E-state index in [2.05, 4.69) is 15.0 Å². The number of anilines is 1. The third-order valence-corrected chi connectivity index (χ3v) is 4.69. The number of aryl methyl sites for hydroxylation is 1. The fourth-order valence-electron chi connectivity index (χ4n) is 1.74. The van der Waals surface area contributed by atoms with Crippen molar-refractivity contribution in [3.05, 3.63) is 41.0 Å². The highest BCUT2D eigenvalue weighted by Gasteiger charge is 2.22. The number of sulfonamides is 1. The summed E-state index contributed by atoms with van der Waals surface area (Å²) in [5, 5.41) is 15.5. The highest BCUT2D eigenvalue weighted by atomic mass is 35.5. The van der Waals surface area contributed by atoms with Gasteiger partial charge in [-0.2, -0.15) is 13.5 Å². The molecule has 2 aromatic rings. The Morgan fingerprint density at radius 2 is 2.00 bits per heavy atom. The van der Waals surface area contributed by atoms with Gasteiger partial charge in [0.05, 0.1) is 16.9 Å². The summed E-state index contributed by atoms with van der Waals surface area (Å²) in [6.07, 6.45) is 1.26. The van der Waals surface area contributed by atoms with Crippen molar-refractivity contribution >= 4 is 33.0 Å². The minimum absolute atomic E-state index is 0.0462. The number of rotatable bonds is 4. The maximum absolute atomic E-state index is 12.3. The number of nitrogens with zero attached hydrogens (tertiary/aromatic N) is 3. The smallest absolute Gasteiger partial charge is 0.280 e. The molecule has 0 spiro atoms. The van der Waals surface area contributed by atoms with Gasteiger partial charge in [0, 0.05) is 12.7 Å². The molecular formula is C12H13ClN4O3S.